The maximum absolute atomic E-state index is 13.6. The van der Waals surface area contributed by atoms with E-state index in [1.807, 2.05) is 0 Å². The molecule has 3 aromatic carbocycles. The molecule has 9 nitrogen and oxygen atoms in total. The Labute approximate surface area is 229 Å². The first kappa shape index (κ1) is 27.9. The van der Waals surface area contributed by atoms with Crippen LogP contribution in [-0.2, 0) is 4.79 Å². The van der Waals surface area contributed by atoms with Gasteiger partial charge in [0.1, 0.15) is 22.0 Å². The Morgan fingerprint density at radius 1 is 1.10 bits per heavy atom. The van der Waals surface area contributed by atoms with E-state index in [-0.39, 0.29) is 36.0 Å². The maximum Gasteiger partial charge on any atom is 0.279 e. The van der Waals surface area contributed by atoms with Gasteiger partial charge in [0.2, 0.25) is 0 Å². The number of aromatic hydroxyl groups is 1. The van der Waals surface area contributed by atoms with Crippen molar-refractivity contribution in [3.8, 4) is 17.2 Å². The molecule has 39 heavy (non-hydrogen) atoms. The molecule has 0 saturated carbocycles. The molecule has 11 heteroatoms. The van der Waals surface area contributed by atoms with Gasteiger partial charge in [-0.1, -0.05) is 36.0 Å². The van der Waals surface area contributed by atoms with Crippen molar-refractivity contribution in [1.29, 1.82) is 0 Å². The number of phenols is 1. The molecular formula is C28H28FN3O6S. The lowest BCUT2D eigenvalue weighted by Gasteiger charge is -2.25. The number of methoxy groups -OCH3 is 1. The largest absolute Gasteiger partial charge is 0.507 e. The van der Waals surface area contributed by atoms with Crippen LogP contribution >= 0.6 is 11.8 Å². The summed E-state index contributed by atoms with van der Waals surface area (Å²) in [4.78, 5) is 26.0. The number of aliphatic hydroxyl groups excluding tert-OH is 1. The minimum Gasteiger partial charge on any atom is -0.507 e. The van der Waals surface area contributed by atoms with E-state index in [4.69, 9.17) is 9.47 Å². The first-order valence-corrected chi connectivity index (χ1v) is 12.9. The van der Waals surface area contributed by atoms with E-state index in [2.05, 4.69) is 10.4 Å². The van der Waals surface area contributed by atoms with Gasteiger partial charge in [-0.05, 0) is 56.3 Å². The van der Waals surface area contributed by atoms with E-state index >= 15 is 0 Å². The summed E-state index contributed by atoms with van der Waals surface area (Å²) in [5.41, 5.74) is 0.376. The molecule has 4 rings (SSSR count). The zero-order chi connectivity index (χ0) is 28.2. The lowest BCUT2D eigenvalue weighted by molar-refractivity contribution is -0.125. The number of benzene rings is 3. The summed E-state index contributed by atoms with van der Waals surface area (Å²) >= 11 is 1.24. The van der Waals surface area contributed by atoms with Gasteiger partial charge in [0, 0.05) is 11.1 Å². The molecule has 0 spiro atoms. The van der Waals surface area contributed by atoms with Crippen LogP contribution in [0.25, 0.3) is 0 Å². The third-order valence-corrected chi connectivity index (χ3v) is 7.01. The Morgan fingerprint density at radius 3 is 2.49 bits per heavy atom. The molecule has 1 unspecified atom stereocenters. The summed E-state index contributed by atoms with van der Waals surface area (Å²) in [6.45, 7) is 2.78. The molecule has 0 aromatic heterocycles. The van der Waals surface area contributed by atoms with Crippen LogP contribution in [0.5, 0.6) is 17.2 Å². The van der Waals surface area contributed by atoms with Gasteiger partial charge < -0.3 is 25.0 Å². The number of thioether (sulfide) groups is 1. The number of rotatable bonds is 9. The third-order valence-electron chi connectivity index (χ3n) is 5.79. The first-order valence-electron chi connectivity index (χ1n) is 12.0. The molecule has 204 valence electrons. The number of para-hydroxylation sites is 2. The Balaban J connectivity index is 1.68. The van der Waals surface area contributed by atoms with Crippen LogP contribution in [0.3, 0.4) is 0 Å². The number of ether oxygens (including phenoxy) is 2. The minimum atomic E-state index is -0.815. The van der Waals surface area contributed by atoms with Crippen molar-refractivity contribution in [3.63, 3.8) is 0 Å². The summed E-state index contributed by atoms with van der Waals surface area (Å²) in [5.74, 6) is -1.04. The van der Waals surface area contributed by atoms with Gasteiger partial charge in [0.15, 0.2) is 18.1 Å². The summed E-state index contributed by atoms with van der Waals surface area (Å²) < 4.78 is 25.0. The highest BCUT2D eigenvalue weighted by Crippen LogP contribution is 2.47. The average molecular weight is 554 g/mol. The number of hydrogen-bond donors (Lipinski definition) is 3. The van der Waals surface area contributed by atoms with Crippen molar-refractivity contribution in [2.45, 2.75) is 24.8 Å². The molecule has 0 saturated heterocycles. The van der Waals surface area contributed by atoms with Crippen LogP contribution in [0.4, 0.5) is 4.39 Å². The second-order valence-corrected chi connectivity index (χ2v) is 10.4. The second kappa shape index (κ2) is 11.7. The first-order chi connectivity index (χ1) is 18.6. The molecule has 3 aromatic rings. The van der Waals surface area contributed by atoms with Crippen LogP contribution in [0, 0.1) is 5.82 Å². The standard InChI is InChI=1S/C28H28FN3O6S/c1-28(2,16-33)30-23(35)15-38-22-10-6-8-20(24(22)37-3)27-32(26(36)19-7-4-5-9-21(19)34)31-25(39-27)17-11-13-18(29)14-12-17/h4-14,27,33-34H,15-16H2,1-3H3,(H,30,35). The molecular weight excluding hydrogens is 525 g/mol. The predicted molar refractivity (Wildman–Crippen MR) is 145 cm³/mol. The van der Waals surface area contributed by atoms with E-state index in [9.17, 15) is 24.2 Å². The number of halogens is 1. The van der Waals surface area contributed by atoms with Crippen molar-refractivity contribution in [1.82, 2.24) is 10.3 Å². The fourth-order valence-electron chi connectivity index (χ4n) is 3.83. The number of aliphatic hydroxyl groups is 1. The van der Waals surface area contributed by atoms with Gasteiger partial charge in [0.05, 0.1) is 24.8 Å². The van der Waals surface area contributed by atoms with Crippen LogP contribution < -0.4 is 14.8 Å². The van der Waals surface area contributed by atoms with Gasteiger partial charge >= 0.3 is 0 Å². The van der Waals surface area contributed by atoms with E-state index < -0.39 is 28.5 Å². The molecule has 2 amide bonds. The number of carbonyl (C=O) groups excluding carboxylic acids is 2. The van der Waals surface area contributed by atoms with E-state index in [1.54, 1.807) is 56.3 Å². The SMILES string of the molecule is COc1c(OCC(=O)NC(C)(C)CO)cccc1C1SC(c2ccc(F)cc2)=NN1C(=O)c1ccccc1O. The average Bonchev–Trinajstić information content (AvgIpc) is 3.37. The maximum atomic E-state index is 13.6. The van der Waals surface area contributed by atoms with Crippen molar-refractivity contribution >= 4 is 28.6 Å². The van der Waals surface area contributed by atoms with Crippen molar-refractivity contribution in [2.24, 2.45) is 5.10 Å². The zero-order valence-corrected chi connectivity index (χ0v) is 22.4. The lowest BCUT2D eigenvalue weighted by atomic mass is 10.1. The molecule has 3 N–H and O–H groups in total. The number of hydrogen-bond acceptors (Lipinski definition) is 8. The second-order valence-electron chi connectivity index (χ2n) is 9.31. The monoisotopic (exact) mass is 553 g/mol. The van der Waals surface area contributed by atoms with Crippen LogP contribution in [0.15, 0.2) is 71.8 Å². The molecule has 0 radical (unpaired) electrons. The highest BCUT2D eigenvalue weighted by Gasteiger charge is 2.37. The molecule has 1 heterocycles. The third kappa shape index (κ3) is 6.32. The van der Waals surface area contributed by atoms with E-state index in [1.165, 1.54) is 48.1 Å². The topological polar surface area (TPSA) is 121 Å². The number of amides is 2. The highest BCUT2D eigenvalue weighted by molar-refractivity contribution is 8.14. The molecule has 1 aliphatic rings. The van der Waals surface area contributed by atoms with Gasteiger partial charge in [-0.15, -0.1) is 0 Å². The van der Waals surface area contributed by atoms with E-state index in [0.717, 1.165) is 0 Å². The number of carbonyl (C=O) groups is 2. The molecule has 1 atom stereocenters. The molecule has 0 fully saturated rings. The summed E-state index contributed by atoms with van der Waals surface area (Å²) in [6.07, 6.45) is 0. The van der Waals surface area contributed by atoms with Gasteiger partial charge in [-0.3, -0.25) is 9.59 Å². The van der Waals surface area contributed by atoms with Crippen LogP contribution in [-0.4, -0.2) is 57.9 Å². The number of phenolic OH excluding ortho intramolecular Hbond substituents is 1. The van der Waals surface area contributed by atoms with Crippen molar-refractivity contribution < 1.29 is 33.7 Å². The Morgan fingerprint density at radius 2 is 1.82 bits per heavy atom. The smallest absolute Gasteiger partial charge is 0.279 e. The fourth-order valence-corrected chi connectivity index (χ4v) is 5.00. The fraction of sp³-hybridized carbons (Fsp3) is 0.250. The highest BCUT2D eigenvalue weighted by atomic mass is 32.2. The number of nitrogens with zero attached hydrogens (tertiary/aromatic N) is 2. The number of nitrogens with one attached hydrogen (secondary N) is 1. The summed E-state index contributed by atoms with van der Waals surface area (Å²) in [7, 11) is 1.44. The van der Waals surface area contributed by atoms with Crippen molar-refractivity contribution in [3.05, 3.63) is 89.2 Å². The molecule has 0 aliphatic carbocycles. The number of hydrazone groups is 1. The summed E-state index contributed by atoms with van der Waals surface area (Å²) in [5, 5.41) is 27.9. The Bertz CT molecular complexity index is 1400. The zero-order valence-electron chi connectivity index (χ0n) is 21.6. The van der Waals surface area contributed by atoms with E-state index in [0.29, 0.717) is 16.2 Å². The normalized spacial score (nSPS) is 15.1. The van der Waals surface area contributed by atoms with Gasteiger partial charge in [0.25, 0.3) is 11.8 Å². The predicted octanol–water partition coefficient (Wildman–Crippen LogP) is 4.06. The molecule has 1 aliphatic heterocycles. The Hall–Kier alpha value is -4.09. The van der Waals surface area contributed by atoms with Crippen molar-refractivity contribution in [2.75, 3.05) is 20.3 Å². The van der Waals surface area contributed by atoms with Gasteiger partial charge in [-0.2, -0.15) is 5.10 Å². The molecule has 0 bridgehead atoms. The quantitative estimate of drug-likeness (QED) is 0.366. The van der Waals surface area contributed by atoms with Crippen LogP contribution in [0.1, 0.15) is 40.7 Å². The summed E-state index contributed by atoms with van der Waals surface area (Å²) in [6, 6.07) is 17.0. The lowest BCUT2D eigenvalue weighted by Crippen LogP contribution is -2.48. The van der Waals surface area contributed by atoms with Gasteiger partial charge in [-0.25, -0.2) is 9.40 Å². The Kier molecular flexibility index (Phi) is 8.41. The van der Waals surface area contributed by atoms with Crippen LogP contribution in [0.2, 0.25) is 0 Å². The minimum absolute atomic E-state index is 0.0572.